The molecule has 0 unspecified atom stereocenters. The van der Waals surface area contributed by atoms with Crippen molar-refractivity contribution in [3.8, 4) is 0 Å². The number of imide groups is 1. The Morgan fingerprint density at radius 1 is 1.02 bits per heavy atom. The molecule has 17 nitrogen and oxygen atoms in total. The number of hydrogen-bond donors (Lipinski definition) is 5. The Bertz CT molecular complexity index is 2230. The third kappa shape index (κ3) is 10.6. The molecule has 0 radical (unpaired) electrons. The number of anilines is 5. The molecule has 5 heterocycles. The quantitative estimate of drug-likeness (QED) is 0.0797. The highest BCUT2D eigenvalue weighted by Gasteiger charge is 2.39. The van der Waals surface area contributed by atoms with Gasteiger partial charge in [-0.05, 0) is 63.4 Å². The molecule has 1 atom stereocenters. The molecule has 0 bridgehead atoms. The second kappa shape index (κ2) is 19.7. The van der Waals surface area contributed by atoms with Crippen LogP contribution in [0.2, 0.25) is 5.02 Å². The van der Waals surface area contributed by atoms with Crippen LogP contribution in [0.4, 0.5) is 28.1 Å². The van der Waals surface area contributed by atoms with Crippen LogP contribution in [-0.4, -0.2) is 119 Å². The largest absolute Gasteiger partial charge is 0.380 e. The number of rotatable bonds is 16. The van der Waals surface area contributed by atoms with Gasteiger partial charge in [-0.25, -0.2) is 15.0 Å². The van der Waals surface area contributed by atoms with E-state index in [1.54, 1.807) is 24.3 Å². The Morgan fingerprint density at radius 2 is 1.83 bits per heavy atom. The number of halogens is 1. The van der Waals surface area contributed by atoms with Crippen molar-refractivity contribution in [1.82, 2.24) is 35.4 Å². The van der Waals surface area contributed by atoms with Gasteiger partial charge in [-0.1, -0.05) is 41.1 Å². The van der Waals surface area contributed by atoms with Crippen molar-refractivity contribution in [1.29, 1.82) is 0 Å². The van der Waals surface area contributed by atoms with Gasteiger partial charge in [0, 0.05) is 75.2 Å². The van der Waals surface area contributed by atoms with Gasteiger partial charge >= 0.3 is 0 Å². The molecule has 3 aliphatic rings. The molecule has 2 saturated heterocycles. The van der Waals surface area contributed by atoms with Gasteiger partial charge in [0.15, 0.2) is 5.13 Å². The lowest BCUT2D eigenvalue weighted by atomic mass is 10.1. The van der Waals surface area contributed by atoms with Crippen LogP contribution < -0.4 is 31.5 Å². The van der Waals surface area contributed by atoms with E-state index in [1.807, 2.05) is 32.0 Å². The van der Waals surface area contributed by atoms with Crippen molar-refractivity contribution in [3.63, 3.8) is 0 Å². The minimum absolute atomic E-state index is 0.0950. The van der Waals surface area contributed by atoms with Crippen molar-refractivity contribution in [2.45, 2.75) is 52.1 Å². The second-order valence-electron chi connectivity index (χ2n) is 14.8. The number of aryl methyl sites for hydroxylation is 2. The van der Waals surface area contributed by atoms with Gasteiger partial charge in [0.05, 0.1) is 30.1 Å². The number of amides is 5. The van der Waals surface area contributed by atoms with Crippen LogP contribution in [0.1, 0.15) is 62.7 Å². The third-order valence-corrected chi connectivity index (χ3v) is 11.7. The summed E-state index contributed by atoms with van der Waals surface area (Å²) in [4.78, 5) is 83.4. The summed E-state index contributed by atoms with van der Waals surface area (Å²) < 4.78 is 5.89. The minimum Gasteiger partial charge on any atom is -0.380 e. The molecule has 2 fully saturated rings. The van der Waals surface area contributed by atoms with Crippen LogP contribution >= 0.6 is 22.9 Å². The average molecular weight is 858 g/mol. The standard InChI is InChI=1S/C41H48ClN11O6S/c1-25-7-3-9-29(42)37(25)50-39(57)32-22-44-41(60-32)48-33-21-34(46-26(2)45-33)52-16-14-51(15-17-52)18-20-59-19-6-13-43-23-36(55)47-30-10-4-8-27-28(30)24-53(40(27)58)31-11-5-12-35(54)49-38(31)56/h3-4,7-10,21-22,31,43H,5-6,11-20,23-24H2,1-2H3,(H,47,55)(H,50,57)(H,49,54,56)(H,44,45,46,48)/t31-/m0/s1. The lowest BCUT2D eigenvalue weighted by molar-refractivity contribution is -0.132. The number of ether oxygens (including phenoxy) is 1. The van der Waals surface area contributed by atoms with Crippen LogP contribution in [0.3, 0.4) is 0 Å². The fourth-order valence-corrected chi connectivity index (χ4v) is 8.36. The van der Waals surface area contributed by atoms with Gasteiger partial charge < -0.3 is 35.8 Å². The molecule has 316 valence electrons. The molecular formula is C41H48ClN11O6S. The van der Waals surface area contributed by atoms with Crippen LogP contribution in [0.15, 0.2) is 48.7 Å². The van der Waals surface area contributed by atoms with Crippen LogP contribution in [0.5, 0.6) is 0 Å². The SMILES string of the molecule is Cc1nc(Nc2ncc(C(=O)Nc3c(C)cccc3Cl)s2)cc(N2CCN(CCOCCCNCC(=O)Nc3cccc4c3CN([C@H]3CCCC(=O)NC3=O)C4=O)CC2)n1. The molecule has 5 amide bonds. The van der Waals surface area contributed by atoms with Crippen molar-refractivity contribution < 1.29 is 28.7 Å². The average Bonchev–Trinajstić information content (AvgIpc) is 3.78. The van der Waals surface area contributed by atoms with E-state index < -0.39 is 11.9 Å². The highest BCUT2D eigenvalue weighted by Crippen LogP contribution is 2.33. The Hall–Kier alpha value is -5.53. The number of hydrogen-bond acceptors (Lipinski definition) is 14. The summed E-state index contributed by atoms with van der Waals surface area (Å²) >= 11 is 7.51. The second-order valence-corrected chi connectivity index (χ2v) is 16.2. The maximum atomic E-state index is 13.2. The summed E-state index contributed by atoms with van der Waals surface area (Å²) in [5.74, 6) is 0.436. The maximum Gasteiger partial charge on any atom is 0.267 e. The van der Waals surface area contributed by atoms with Crippen LogP contribution in [0.25, 0.3) is 0 Å². The van der Waals surface area contributed by atoms with E-state index in [0.717, 1.165) is 50.5 Å². The van der Waals surface area contributed by atoms with Crippen molar-refractivity contribution in [2.75, 3.05) is 79.9 Å². The molecule has 0 saturated carbocycles. The monoisotopic (exact) mass is 857 g/mol. The van der Waals surface area contributed by atoms with E-state index in [-0.39, 0.29) is 43.1 Å². The number of nitrogens with zero attached hydrogens (tertiary/aromatic N) is 6. The molecule has 3 aliphatic heterocycles. The summed E-state index contributed by atoms with van der Waals surface area (Å²) in [5, 5.41) is 15.5. The summed E-state index contributed by atoms with van der Waals surface area (Å²) in [7, 11) is 0. The van der Waals surface area contributed by atoms with E-state index in [1.165, 1.54) is 22.4 Å². The predicted molar refractivity (Wildman–Crippen MR) is 229 cm³/mol. The van der Waals surface area contributed by atoms with Gasteiger partial charge in [0.2, 0.25) is 17.7 Å². The number of carbonyl (C=O) groups excluding carboxylic acids is 5. The van der Waals surface area contributed by atoms with Crippen LogP contribution in [0, 0.1) is 13.8 Å². The normalized spacial score (nSPS) is 17.0. The number of fused-ring (bicyclic) bond motifs is 1. The fraction of sp³-hybridized carbons (Fsp3) is 0.415. The molecule has 60 heavy (non-hydrogen) atoms. The number of piperazine rings is 1. The highest BCUT2D eigenvalue weighted by atomic mass is 35.5. The van der Waals surface area contributed by atoms with E-state index in [9.17, 15) is 24.0 Å². The zero-order valence-electron chi connectivity index (χ0n) is 33.5. The number of para-hydroxylation sites is 1. The van der Waals surface area contributed by atoms with E-state index in [0.29, 0.717) is 81.8 Å². The molecular weight excluding hydrogens is 810 g/mol. The number of thiazole rings is 1. The zero-order chi connectivity index (χ0) is 42.2. The van der Waals surface area contributed by atoms with Crippen molar-refractivity contribution in [3.05, 3.63) is 81.1 Å². The summed E-state index contributed by atoms with van der Waals surface area (Å²) in [6.45, 7) is 9.88. The Labute approximate surface area is 356 Å². The first kappa shape index (κ1) is 42.6. The van der Waals surface area contributed by atoms with Crippen molar-refractivity contribution >= 4 is 80.6 Å². The Balaban J connectivity index is 0.774. The molecule has 7 rings (SSSR count). The summed E-state index contributed by atoms with van der Waals surface area (Å²) in [6, 6.07) is 11.8. The topological polar surface area (TPSA) is 203 Å². The first-order valence-electron chi connectivity index (χ1n) is 20.0. The molecule has 2 aromatic heterocycles. The number of carbonyl (C=O) groups is 5. The lowest BCUT2D eigenvalue weighted by Crippen LogP contribution is -2.47. The molecule has 0 aliphatic carbocycles. The van der Waals surface area contributed by atoms with Gasteiger partial charge in [0.25, 0.3) is 11.8 Å². The molecule has 4 aromatic rings. The number of benzene rings is 2. The van der Waals surface area contributed by atoms with E-state index in [4.69, 9.17) is 16.3 Å². The predicted octanol–water partition coefficient (Wildman–Crippen LogP) is 4.11. The van der Waals surface area contributed by atoms with Crippen molar-refractivity contribution in [2.24, 2.45) is 0 Å². The molecule has 19 heteroatoms. The van der Waals surface area contributed by atoms with Gasteiger partial charge in [-0.3, -0.25) is 34.2 Å². The minimum atomic E-state index is -0.728. The molecule has 2 aromatic carbocycles. The number of aromatic nitrogens is 3. The maximum absolute atomic E-state index is 13.2. The first-order valence-corrected chi connectivity index (χ1v) is 21.2. The van der Waals surface area contributed by atoms with E-state index in [2.05, 4.69) is 51.3 Å². The fourth-order valence-electron chi connectivity index (χ4n) is 7.37. The van der Waals surface area contributed by atoms with Gasteiger partial charge in [-0.15, -0.1) is 0 Å². The van der Waals surface area contributed by atoms with E-state index >= 15 is 0 Å². The third-order valence-electron chi connectivity index (χ3n) is 10.5. The highest BCUT2D eigenvalue weighted by molar-refractivity contribution is 7.17. The summed E-state index contributed by atoms with van der Waals surface area (Å²) in [5.41, 5.74) is 3.10. The van der Waals surface area contributed by atoms with Crippen LogP contribution in [-0.2, 0) is 25.7 Å². The Morgan fingerprint density at radius 3 is 2.65 bits per heavy atom. The Kier molecular flexibility index (Phi) is 14.0. The number of nitrogens with one attached hydrogen (secondary N) is 5. The first-order chi connectivity index (χ1) is 29.0. The lowest BCUT2D eigenvalue weighted by Gasteiger charge is -2.35. The summed E-state index contributed by atoms with van der Waals surface area (Å²) in [6.07, 6.45) is 3.43. The van der Waals surface area contributed by atoms with Gasteiger partial charge in [-0.2, -0.15) is 0 Å². The molecule has 0 spiro atoms. The smallest absolute Gasteiger partial charge is 0.267 e. The molecule has 5 N–H and O–H groups in total. The van der Waals surface area contributed by atoms with Gasteiger partial charge in [0.1, 0.15) is 28.4 Å². The zero-order valence-corrected chi connectivity index (χ0v) is 35.1.